The molecule has 0 radical (unpaired) electrons. The Hall–Kier alpha value is -1.42. The second-order valence-corrected chi connectivity index (χ2v) is 3.67. The summed E-state index contributed by atoms with van der Waals surface area (Å²) in [6.07, 6.45) is 1.53. The van der Waals surface area contributed by atoms with Crippen LogP contribution in [0.1, 0.15) is 0 Å². The molecule has 0 fully saturated rings. The zero-order valence-electron chi connectivity index (χ0n) is 7.18. The third-order valence-corrected chi connectivity index (χ3v) is 2.26. The van der Waals surface area contributed by atoms with E-state index in [1.165, 1.54) is 6.20 Å². The molecule has 1 heterocycles. The monoisotopic (exact) mass is 250 g/mol. The van der Waals surface area contributed by atoms with Crippen LogP contribution in [0.5, 0.6) is 6.01 Å². The maximum atomic E-state index is 9.11. The van der Waals surface area contributed by atoms with E-state index in [-0.39, 0.29) is 6.01 Å². The summed E-state index contributed by atoms with van der Waals surface area (Å²) in [4.78, 5) is 7.53. The van der Waals surface area contributed by atoms with Gasteiger partial charge in [0.05, 0.1) is 5.69 Å². The Bertz CT molecular complexity index is 416. The quantitative estimate of drug-likeness (QED) is 0.847. The third kappa shape index (κ3) is 1.90. The van der Waals surface area contributed by atoms with Crippen molar-refractivity contribution in [1.82, 2.24) is 9.97 Å². The van der Waals surface area contributed by atoms with Crippen LogP contribution >= 0.6 is 15.9 Å². The van der Waals surface area contributed by atoms with Gasteiger partial charge >= 0.3 is 6.01 Å². The highest BCUT2D eigenvalue weighted by Gasteiger charge is 2.00. The number of nitrogens with zero attached hydrogens (tertiary/aromatic N) is 2. The topological polar surface area (TPSA) is 46.0 Å². The lowest BCUT2D eigenvalue weighted by Gasteiger charge is -2.00. The first kappa shape index (κ1) is 9.15. The molecule has 1 aromatic heterocycles. The molecule has 2 rings (SSSR count). The number of aromatic nitrogens is 2. The molecule has 0 aliphatic carbocycles. The van der Waals surface area contributed by atoms with Gasteiger partial charge in [-0.2, -0.15) is 4.98 Å². The molecule has 0 unspecified atom stereocenters. The van der Waals surface area contributed by atoms with Crippen LogP contribution in [-0.2, 0) is 0 Å². The Balaban J connectivity index is 2.49. The number of rotatable bonds is 1. The fourth-order valence-electron chi connectivity index (χ4n) is 1.16. The molecule has 0 aliphatic rings. The summed E-state index contributed by atoms with van der Waals surface area (Å²) in [5, 5.41) is 9.11. The molecule has 4 heteroatoms. The summed E-state index contributed by atoms with van der Waals surface area (Å²) in [5.74, 6) is 0. The predicted molar refractivity (Wildman–Crippen MR) is 56.8 cm³/mol. The van der Waals surface area contributed by atoms with E-state index in [0.29, 0.717) is 5.69 Å². The van der Waals surface area contributed by atoms with Crippen molar-refractivity contribution >= 4 is 15.9 Å². The van der Waals surface area contributed by atoms with Crippen LogP contribution in [0.2, 0.25) is 0 Å². The molecule has 0 saturated heterocycles. The zero-order chi connectivity index (χ0) is 9.97. The van der Waals surface area contributed by atoms with Gasteiger partial charge in [-0.3, -0.25) is 0 Å². The Morgan fingerprint density at radius 3 is 2.79 bits per heavy atom. The molecule has 1 N–H and O–H groups in total. The third-order valence-electron chi connectivity index (χ3n) is 1.76. The smallest absolute Gasteiger partial charge is 0.314 e. The van der Waals surface area contributed by atoms with Crippen LogP contribution in [0.25, 0.3) is 11.3 Å². The van der Waals surface area contributed by atoms with E-state index in [0.717, 1.165) is 10.0 Å². The summed E-state index contributed by atoms with van der Waals surface area (Å²) < 4.78 is 0.980. The first-order valence-corrected chi connectivity index (χ1v) is 4.83. The van der Waals surface area contributed by atoms with Gasteiger partial charge in [0.25, 0.3) is 0 Å². The van der Waals surface area contributed by atoms with Crippen molar-refractivity contribution in [3.63, 3.8) is 0 Å². The van der Waals surface area contributed by atoms with Crippen LogP contribution in [0.3, 0.4) is 0 Å². The molecule has 0 bridgehead atoms. The molecule has 2 aromatic rings. The molecular weight excluding hydrogens is 244 g/mol. The molecule has 14 heavy (non-hydrogen) atoms. The van der Waals surface area contributed by atoms with Crippen molar-refractivity contribution in [2.24, 2.45) is 0 Å². The standard InChI is InChI=1S/C10H7BrN2O/c11-8-3-1-2-7(6-8)9-4-5-12-10(14)13-9/h1-6H,(H,12,13,14). The summed E-state index contributed by atoms with van der Waals surface area (Å²) >= 11 is 3.37. The van der Waals surface area contributed by atoms with Gasteiger partial charge in [0.1, 0.15) is 0 Å². The molecule has 1 aromatic carbocycles. The van der Waals surface area contributed by atoms with Crippen LogP contribution in [-0.4, -0.2) is 15.1 Å². The number of halogens is 1. The lowest BCUT2D eigenvalue weighted by Crippen LogP contribution is -1.85. The Morgan fingerprint density at radius 2 is 2.07 bits per heavy atom. The van der Waals surface area contributed by atoms with Crippen LogP contribution in [0.15, 0.2) is 41.0 Å². The summed E-state index contributed by atoms with van der Waals surface area (Å²) in [5.41, 5.74) is 1.65. The van der Waals surface area contributed by atoms with E-state index >= 15 is 0 Å². The summed E-state index contributed by atoms with van der Waals surface area (Å²) in [6.45, 7) is 0. The van der Waals surface area contributed by atoms with E-state index < -0.39 is 0 Å². The average Bonchev–Trinajstić information content (AvgIpc) is 2.18. The summed E-state index contributed by atoms with van der Waals surface area (Å²) in [7, 11) is 0. The molecule has 70 valence electrons. The van der Waals surface area contributed by atoms with Crippen molar-refractivity contribution in [3.8, 4) is 17.3 Å². The highest BCUT2D eigenvalue weighted by Crippen LogP contribution is 2.21. The maximum absolute atomic E-state index is 9.11. The number of hydrogen-bond donors (Lipinski definition) is 1. The van der Waals surface area contributed by atoms with Crippen molar-refractivity contribution in [2.45, 2.75) is 0 Å². The molecule has 0 amide bonds. The van der Waals surface area contributed by atoms with Gasteiger partial charge < -0.3 is 5.11 Å². The number of aromatic hydroxyl groups is 1. The Labute approximate surface area is 89.6 Å². The first-order chi connectivity index (χ1) is 6.75. The van der Waals surface area contributed by atoms with E-state index in [4.69, 9.17) is 5.11 Å². The minimum Gasteiger partial charge on any atom is -0.479 e. The van der Waals surface area contributed by atoms with E-state index in [1.54, 1.807) is 6.07 Å². The van der Waals surface area contributed by atoms with Crippen LogP contribution in [0, 0.1) is 0 Å². The highest BCUT2D eigenvalue weighted by atomic mass is 79.9. The molecule has 0 atom stereocenters. The van der Waals surface area contributed by atoms with Gasteiger partial charge in [-0.1, -0.05) is 28.1 Å². The van der Waals surface area contributed by atoms with Crippen molar-refractivity contribution in [3.05, 3.63) is 41.0 Å². The normalized spacial score (nSPS) is 10.1. The molecule has 0 spiro atoms. The number of benzene rings is 1. The van der Waals surface area contributed by atoms with E-state index in [2.05, 4.69) is 25.9 Å². The van der Waals surface area contributed by atoms with Crippen LogP contribution < -0.4 is 0 Å². The Kier molecular flexibility index (Phi) is 2.45. The number of hydrogen-bond acceptors (Lipinski definition) is 3. The molecule has 0 saturated carbocycles. The molecule has 0 aliphatic heterocycles. The SMILES string of the molecule is Oc1nccc(-c2cccc(Br)c2)n1. The zero-order valence-corrected chi connectivity index (χ0v) is 8.77. The van der Waals surface area contributed by atoms with Crippen LogP contribution in [0.4, 0.5) is 0 Å². The van der Waals surface area contributed by atoms with E-state index in [9.17, 15) is 0 Å². The fourth-order valence-corrected chi connectivity index (χ4v) is 1.56. The second kappa shape index (κ2) is 3.75. The largest absolute Gasteiger partial charge is 0.479 e. The van der Waals surface area contributed by atoms with Crippen molar-refractivity contribution in [2.75, 3.05) is 0 Å². The van der Waals surface area contributed by atoms with Gasteiger partial charge in [-0.25, -0.2) is 4.98 Å². The average molecular weight is 251 g/mol. The fraction of sp³-hybridized carbons (Fsp3) is 0. The maximum Gasteiger partial charge on any atom is 0.314 e. The second-order valence-electron chi connectivity index (χ2n) is 2.75. The first-order valence-electron chi connectivity index (χ1n) is 4.03. The van der Waals surface area contributed by atoms with Crippen molar-refractivity contribution in [1.29, 1.82) is 0 Å². The Morgan fingerprint density at radius 1 is 1.21 bits per heavy atom. The minimum absolute atomic E-state index is 0.206. The minimum atomic E-state index is -0.206. The van der Waals surface area contributed by atoms with Gasteiger partial charge in [-0.15, -0.1) is 0 Å². The van der Waals surface area contributed by atoms with Gasteiger partial charge in [0, 0.05) is 16.2 Å². The highest BCUT2D eigenvalue weighted by molar-refractivity contribution is 9.10. The van der Waals surface area contributed by atoms with Crippen molar-refractivity contribution < 1.29 is 5.11 Å². The van der Waals surface area contributed by atoms with Gasteiger partial charge in [0.15, 0.2) is 0 Å². The predicted octanol–water partition coefficient (Wildman–Crippen LogP) is 2.61. The van der Waals surface area contributed by atoms with Gasteiger partial charge in [0.2, 0.25) is 0 Å². The molecule has 3 nitrogen and oxygen atoms in total. The summed E-state index contributed by atoms with van der Waals surface area (Å²) in [6, 6.07) is 9.25. The van der Waals surface area contributed by atoms with Gasteiger partial charge in [-0.05, 0) is 18.2 Å². The van der Waals surface area contributed by atoms with E-state index in [1.807, 2.05) is 24.3 Å². The molecular formula is C10H7BrN2O. The lowest BCUT2D eigenvalue weighted by atomic mass is 10.1. The lowest BCUT2D eigenvalue weighted by molar-refractivity contribution is 0.431.